The molecule has 0 aliphatic carbocycles. The van der Waals surface area contributed by atoms with Crippen LogP contribution in [-0.2, 0) is 0 Å². The van der Waals surface area contributed by atoms with Gasteiger partial charge in [-0.15, -0.1) is 0 Å². The Morgan fingerprint density at radius 1 is 1.18 bits per heavy atom. The summed E-state index contributed by atoms with van der Waals surface area (Å²) >= 11 is 0. The second-order valence-corrected chi connectivity index (χ2v) is 2.02. The highest BCUT2D eigenvalue weighted by Crippen LogP contribution is 1.84. The molecule has 0 aliphatic heterocycles. The Kier molecular flexibility index (Phi) is 13.8. The molecule has 0 aromatic heterocycles. The maximum atomic E-state index is 3.95. The molecule has 0 saturated carbocycles. The first-order chi connectivity index (χ1) is 5.27. The molecule has 0 N–H and O–H groups in total. The molecule has 0 heterocycles. The van der Waals surface area contributed by atoms with Gasteiger partial charge in [0, 0.05) is 12.4 Å². The fraction of sp³-hybridized carbons (Fsp3) is 0.500. The maximum Gasteiger partial charge on any atom is 0.0266 e. The molecule has 1 nitrogen and oxygen atoms in total. The number of nitrogens with zero attached hydrogens (tertiary/aromatic N) is 1. The van der Waals surface area contributed by atoms with E-state index in [4.69, 9.17) is 0 Å². The second kappa shape index (κ2) is 11.9. The van der Waals surface area contributed by atoms with Crippen LogP contribution in [0, 0.1) is 0 Å². The van der Waals surface area contributed by atoms with Gasteiger partial charge >= 0.3 is 0 Å². The third kappa shape index (κ3) is 17.6. The zero-order valence-corrected chi connectivity index (χ0v) is 8.26. The summed E-state index contributed by atoms with van der Waals surface area (Å²) in [5, 5.41) is 0. The third-order valence-corrected chi connectivity index (χ3v) is 0.729. The molecule has 0 bridgehead atoms. The predicted octanol–water partition coefficient (Wildman–Crippen LogP) is 3.58. The van der Waals surface area contributed by atoms with Gasteiger partial charge in [0.05, 0.1) is 0 Å². The van der Waals surface area contributed by atoms with Crippen molar-refractivity contribution in [1.82, 2.24) is 0 Å². The van der Waals surface area contributed by atoms with Crippen LogP contribution < -0.4 is 0 Å². The molecule has 0 spiro atoms. The Bertz CT molecular complexity index is 137. The third-order valence-electron chi connectivity index (χ3n) is 0.729. The van der Waals surface area contributed by atoms with Crippen LogP contribution in [-0.4, -0.2) is 6.21 Å². The van der Waals surface area contributed by atoms with Crippen molar-refractivity contribution in [3.63, 3.8) is 0 Å². The molecule has 64 valence electrons. The van der Waals surface area contributed by atoms with Crippen LogP contribution in [0.4, 0.5) is 0 Å². The molecule has 1 heteroatoms. The van der Waals surface area contributed by atoms with Crippen LogP contribution >= 0.6 is 0 Å². The number of aliphatic imine (C=N–C) groups is 1. The Hall–Kier alpha value is -0.850. The largest absolute Gasteiger partial charge is 0.265 e. The van der Waals surface area contributed by atoms with Crippen molar-refractivity contribution in [3.05, 3.63) is 23.9 Å². The molecule has 0 aromatic rings. The van der Waals surface area contributed by atoms with Gasteiger partial charge in [0.15, 0.2) is 0 Å². The standard InChI is InChI=1S/C8H13N.C2H6/c1-4-6-9-7-5-8(2)3;1-2/h4-7H,1-3H3;1-2H3/b6-4-,9-7?;. The molecular formula is C10H19N. The van der Waals surface area contributed by atoms with Gasteiger partial charge in [0.2, 0.25) is 0 Å². The first-order valence-electron chi connectivity index (χ1n) is 4.05. The Balaban J connectivity index is 0. The molecule has 0 unspecified atom stereocenters. The summed E-state index contributed by atoms with van der Waals surface area (Å²) < 4.78 is 0. The SMILES string of the molecule is C/C=C\N=CC=C(C)C.CC. The second-order valence-electron chi connectivity index (χ2n) is 2.02. The zero-order chi connectivity index (χ0) is 9.11. The zero-order valence-electron chi connectivity index (χ0n) is 8.26. The van der Waals surface area contributed by atoms with E-state index in [1.807, 2.05) is 46.8 Å². The van der Waals surface area contributed by atoms with Gasteiger partial charge < -0.3 is 0 Å². The van der Waals surface area contributed by atoms with E-state index in [-0.39, 0.29) is 0 Å². The quantitative estimate of drug-likeness (QED) is 0.538. The van der Waals surface area contributed by atoms with E-state index < -0.39 is 0 Å². The van der Waals surface area contributed by atoms with E-state index in [1.165, 1.54) is 5.57 Å². The highest BCUT2D eigenvalue weighted by molar-refractivity contribution is 5.72. The van der Waals surface area contributed by atoms with Gasteiger partial charge in [-0.25, -0.2) is 0 Å². The fourth-order valence-corrected chi connectivity index (χ4v) is 0.328. The van der Waals surface area contributed by atoms with Crippen molar-refractivity contribution < 1.29 is 0 Å². The minimum atomic E-state index is 1.27. The molecule has 0 rings (SSSR count). The summed E-state index contributed by atoms with van der Waals surface area (Å²) in [6.45, 7) is 10.0. The van der Waals surface area contributed by atoms with Gasteiger partial charge in [0.1, 0.15) is 0 Å². The van der Waals surface area contributed by atoms with Crippen molar-refractivity contribution in [3.8, 4) is 0 Å². The Morgan fingerprint density at radius 3 is 2.09 bits per heavy atom. The van der Waals surface area contributed by atoms with E-state index in [0.29, 0.717) is 0 Å². The van der Waals surface area contributed by atoms with Crippen molar-refractivity contribution in [2.45, 2.75) is 34.6 Å². The summed E-state index contributed by atoms with van der Waals surface area (Å²) in [5.74, 6) is 0. The maximum absolute atomic E-state index is 3.95. The number of rotatable bonds is 2. The molecule has 11 heavy (non-hydrogen) atoms. The Morgan fingerprint density at radius 2 is 1.73 bits per heavy atom. The summed E-state index contributed by atoms with van der Waals surface area (Å²) in [4.78, 5) is 3.95. The van der Waals surface area contributed by atoms with Crippen LogP contribution in [0.1, 0.15) is 34.6 Å². The summed E-state index contributed by atoms with van der Waals surface area (Å²) in [6, 6.07) is 0. The van der Waals surface area contributed by atoms with Gasteiger partial charge in [-0.3, -0.25) is 4.99 Å². The topological polar surface area (TPSA) is 12.4 Å². The van der Waals surface area contributed by atoms with Crippen molar-refractivity contribution in [2.75, 3.05) is 0 Å². The van der Waals surface area contributed by atoms with E-state index in [1.54, 1.807) is 12.4 Å². The number of hydrogen-bond donors (Lipinski definition) is 0. The minimum Gasteiger partial charge on any atom is -0.265 e. The van der Waals surface area contributed by atoms with Crippen molar-refractivity contribution in [2.24, 2.45) is 4.99 Å². The van der Waals surface area contributed by atoms with Crippen LogP contribution in [0.2, 0.25) is 0 Å². The predicted molar refractivity (Wildman–Crippen MR) is 54.1 cm³/mol. The molecule has 0 aromatic carbocycles. The Labute approximate surface area is 70.5 Å². The summed E-state index contributed by atoms with van der Waals surface area (Å²) in [7, 11) is 0. The first-order valence-corrected chi connectivity index (χ1v) is 4.05. The molecule has 0 atom stereocenters. The normalized spacial score (nSPS) is 9.55. The smallest absolute Gasteiger partial charge is 0.0266 e. The summed E-state index contributed by atoms with van der Waals surface area (Å²) in [5.41, 5.74) is 1.27. The first kappa shape index (κ1) is 12.8. The van der Waals surface area contributed by atoms with Gasteiger partial charge in [-0.05, 0) is 26.8 Å². The van der Waals surface area contributed by atoms with E-state index in [0.717, 1.165) is 0 Å². The average Bonchev–Trinajstić information content (AvgIpc) is 2.02. The van der Waals surface area contributed by atoms with E-state index >= 15 is 0 Å². The lowest BCUT2D eigenvalue weighted by Gasteiger charge is -1.78. The molecule has 0 radical (unpaired) electrons. The minimum absolute atomic E-state index is 1.27. The van der Waals surface area contributed by atoms with Gasteiger partial charge in [0.25, 0.3) is 0 Å². The van der Waals surface area contributed by atoms with E-state index in [2.05, 4.69) is 4.99 Å². The van der Waals surface area contributed by atoms with Crippen LogP contribution in [0.25, 0.3) is 0 Å². The van der Waals surface area contributed by atoms with Gasteiger partial charge in [-0.1, -0.05) is 25.5 Å². The molecule has 0 amide bonds. The fourth-order valence-electron chi connectivity index (χ4n) is 0.328. The van der Waals surface area contributed by atoms with Crippen LogP contribution in [0.5, 0.6) is 0 Å². The highest BCUT2D eigenvalue weighted by Gasteiger charge is 1.67. The lowest BCUT2D eigenvalue weighted by molar-refractivity contribution is 1.40. The van der Waals surface area contributed by atoms with Gasteiger partial charge in [-0.2, -0.15) is 0 Å². The van der Waals surface area contributed by atoms with E-state index in [9.17, 15) is 0 Å². The molecule has 0 saturated heterocycles. The molecule has 0 aliphatic rings. The average molecular weight is 153 g/mol. The monoisotopic (exact) mass is 153 g/mol. The molecular weight excluding hydrogens is 134 g/mol. The van der Waals surface area contributed by atoms with Crippen LogP contribution in [0.3, 0.4) is 0 Å². The number of hydrogen-bond acceptors (Lipinski definition) is 1. The lowest BCUT2D eigenvalue weighted by atomic mass is 10.3. The van der Waals surface area contributed by atoms with Crippen LogP contribution in [0.15, 0.2) is 28.9 Å². The summed E-state index contributed by atoms with van der Waals surface area (Å²) in [6.07, 6.45) is 7.42. The van der Waals surface area contributed by atoms with Crippen molar-refractivity contribution in [1.29, 1.82) is 0 Å². The highest BCUT2D eigenvalue weighted by atomic mass is 14.6. The van der Waals surface area contributed by atoms with Crippen molar-refractivity contribution >= 4 is 6.21 Å². The lowest BCUT2D eigenvalue weighted by Crippen LogP contribution is -1.65. The number of allylic oxidation sites excluding steroid dienone is 3. The molecule has 0 fully saturated rings.